The lowest BCUT2D eigenvalue weighted by atomic mass is 10.5. The normalized spacial score (nSPS) is 26.9. The molecule has 0 unspecified atom stereocenters. The molecule has 0 amide bonds. The molecule has 0 saturated carbocycles. The quantitative estimate of drug-likeness (QED) is 0.676. The Morgan fingerprint density at radius 3 is 1.69 bits per heavy atom. The predicted octanol–water partition coefficient (Wildman–Crippen LogP) is 2.03. The third-order valence-corrected chi connectivity index (χ3v) is 4.49. The van der Waals surface area contributed by atoms with Gasteiger partial charge in [-0.2, -0.15) is 0 Å². The summed E-state index contributed by atoms with van der Waals surface area (Å²) in [6.45, 7) is 3.38. The molecule has 2 heterocycles. The van der Waals surface area contributed by atoms with Crippen LogP contribution in [0.5, 0.6) is 0 Å². The minimum atomic E-state index is -3.05. The smallest absolute Gasteiger partial charge is 0.309 e. The van der Waals surface area contributed by atoms with Crippen molar-refractivity contribution in [3.63, 3.8) is 0 Å². The summed E-state index contributed by atoms with van der Waals surface area (Å²) >= 11 is 0. The number of hydrogen-bond donors (Lipinski definition) is 0. The van der Waals surface area contributed by atoms with Crippen LogP contribution in [0, 0.1) is 0 Å². The Balaban J connectivity index is 0.000000160. The highest BCUT2D eigenvalue weighted by molar-refractivity contribution is 7.53. The highest BCUT2D eigenvalue weighted by atomic mass is 31.2. The van der Waals surface area contributed by atoms with Crippen LogP contribution in [0.2, 0.25) is 0 Å². The van der Waals surface area contributed by atoms with Crippen LogP contribution >= 0.6 is 15.4 Å². The Bertz CT molecular complexity index is 285. The molecule has 2 fully saturated rings. The van der Waals surface area contributed by atoms with Gasteiger partial charge in [-0.15, -0.1) is 0 Å². The van der Waals surface area contributed by atoms with Crippen LogP contribution in [-0.4, -0.2) is 40.2 Å². The van der Waals surface area contributed by atoms with E-state index >= 15 is 0 Å². The van der Waals surface area contributed by atoms with Crippen molar-refractivity contribution in [2.75, 3.05) is 40.2 Å². The summed E-state index contributed by atoms with van der Waals surface area (Å²) in [5.74, 6) is 0. The fourth-order valence-electron chi connectivity index (χ4n) is 0.998. The van der Waals surface area contributed by atoms with Gasteiger partial charge in [-0.05, 0) is 6.42 Å². The average Bonchev–Trinajstić information content (AvgIpc) is 2.67. The van der Waals surface area contributed by atoms with Gasteiger partial charge >= 0.3 is 15.4 Å². The van der Waals surface area contributed by atoms with Crippen LogP contribution < -0.4 is 0 Å². The Morgan fingerprint density at radius 2 is 1.44 bits per heavy atom. The minimum absolute atomic E-state index is 0.366. The van der Waals surface area contributed by atoms with E-state index in [9.17, 15) is 9.13 Å². The van der Waals surface area contributed by atoms with Crippen molar-refractivity contribution in [2.24, 2.45) is 0 Å². The molecule has 0 aromatic rings. The van der Waals surface area contributed by atoms with E-state index < -0.39 is 15.4 Å². The van der Waals surface area contributed by atoms with Gasteiger partial charge < -0.3 is 9.05 Å². The summed E-state index contributed by atoms with van der Waals surface area (Å²) in [5, 5.41) is 0. The van der Waals surface area contributed by atoms with Gasteiger partial charge in [0.05, 0.1) is 26.4 Å². The van der Waals surface area contributed by atoms with Crippen molar-refractivity contribution >= 4 is 15.4 Å². The molecule has 2 rings (SSSR count). The first-order chi connectivity index (χ1) is 7.47. The largest absolute Gasteiger partial charge is 0.474 e. The van der Waals surface area contributed by atoms with Gasteiger partial charge in [0.1, 0.15) is 0 Å². The molecule has 0 atom stereocenters. The molecule has 0 N–H and O–H groups in total. The molecule has 16 heavy (non-hydrogen) atoms. The first-order valence-electron chi connectivity index (χ1n) is 4.79. The number of hydrogen-bond acceptors (Lipinski definition) is 7. The third-order valence-electron chi connectivity index (χ3n) is 1.75. The highest BCUT2D eigenvalue weighted by Gasteiger charge is 2.29. The first kappa shape index (κ1) is 14.3. The lowest BCUT2D eigenvalue weighted by Crippen LogP contribution is -2.06. The topological polar surface area (TPSA) is 80.3 Å². The molecule has 0 aromatic heterocycles. The lowest BCUT2D eigenvalue weighted by molar-refractivity contribution is 0.150. The van der Waals surface area contributed by atoms with E-state index in [2.05, 4.69) is 13.6 Å². The van der Waals surface area contributed by atoms with Crippen LogP contribution in [-0.2, 0) is 31.7 Å². The molecule has 2 aliphatic rings. The predicted molar refractivity (Wildman–Crippen MR) is 56.6 cm³/mol. The fourth-order valence-corrected chi connectivity index (χ4v) is 2.88. The van der Waals surface area contributed by atoms with Crippen molar-refractivity contribution in [1.82, 2.24) is 0 Å². The lowest BCUT2D eigenvalue weighted by Gasteiger charge is -2.18. The Kier molecular flexibility index (Phi) is 5.61. The Morgan fingerprint density at radius 1 is 0.938 bits per heavy atom. The zero-order chi connectivity index (χ0) is 12.1. The Hall–Kier alpha value is 0.260. The van der Waals surface area contributed by atoms with E-state index in [1.165, 1.54) is 13.8 Å². The summed E-state index contributed by atoms with van der Waals surface area (Å²) in [6.07, 6.45) is 0.859. The van der Waals surface area contributed by atoms with E-state index in [-0.39, 0.29) is 0 Å². The molecule has 0 aliphatic carbocycles. The molecule has 2 saturated heterocycles. The maximum absolute atomic E-state index is 10.8. The monoisotopic (exact) mass is 274 g/mol. The summed E-state index contributed by atoms with van der Waals surface area (Å²) in [4.78, 5) is 0. The number of phosphoric ester groups is 1. The summed E-state index contributed by atoms with van der Waals surface area (Å²) in [5.41, 5.74) is 0. The molecule has 9 heteroatoms. The molecule has 2 aliphatic heterocycles. The minimum Gasteiger partial charge on any atom is -0.309 e. The molecule has 0 bridgehead atoms. The summed E-state index contributed by atoms with van der Waals surface area (Å²) < 4.78 is 44.7. The van der Waals surface area contributed by atoms with Crippen LogP contribution in [0.3, 0.4) is 0 Å². The van der Waals surface area contributed by atoms with E-state index in [0.29, 0.717) is 26.4 Å². The third kappa shape index (κ3) is 5.06. The Labute approximate surface area is 94.5 Å². The molecule has 0 spiro atoms. The van der Waals surface area contributed by atoms with Gasteiger partial charge in [0.25, 0.3) is 0 Å². The second kappa shape index (κ2) is 6.26. The SMILES string of the molecule is COP1(=O)OCCO1.CP1(=O)OCCCO1. The average molecular weight is 274 g/mol. The second-order valence-corrected chi connectivity index (χ2v) is 6.92. The standard InChI is InChI=1S/C4H9O3P.C3H7O4P/c1-8(5)6-3-2-4-7-8;1-5-8(4)6-2-3-7-8/h2-4H2,1H3;2-3H2,1H3. The molecular weight excluding hydrogens is 258 g/mol. The zero-order valence-electron chi connectivity index (χ0n) is 9.29. The fraction of sp³-hybridized carbons (Fsp3) is 1.00. The maximum Gasteiger partial charge on any atom is 0.474 e. The maximum atomic E-state index is 10.8. The van der Waals surface area contributed by atoms with Gasteiger partial charge in [-0.3, -0.25) is 18.1 Å². The van der Waals surface area contributed by atoms with Crippen molar-refractivity contribution in [2.45, 2.75) is 6.42 Å². The van der Waals surface area contributed by atoms with Crippen molar-refractivity contribution < 1.29 is 31.7 Å². The molecule has 0 radical (unpaired) electrons. The second-order valence-electron chi connectivity index (χ2n) is 3.09. The van der Waals surface area contributed by atoms with E-state index in [1.54, 1.807) is 0 Å². The summed E-state index contributed by atoms with van der Waals surface area (Å²) in [7, 11) is -4.34. The molecule has 0 aromatic carbocycles. The van der Waals surface area contributed by atoms with Crippen LogP contribution in [0.25, 0.3) is 0 Å². The van der Waals surface area contributed by atoms with E-state index in [4.69, 9.17) is 9.05 Å². The van der Waals surface area contributed by atoms with Gasteiger partial charge in [-0.1, -0.05) is 0 Å². The molecular formula is C7H16O7P2. The van der Waals surface area contributed by atoms with Crippen LogP contribution in [0.4, 0.5) is 0 Å². The van der Waals surface area contributed by atoms with Gasteiger partial charge in [0, 0.05) is 13.8 Å². The number of rotatable bonds is 1. The highest BCUT2D eigenvalue weighted by Crippen LogP contribution is 2.51. The van der Waals surface area contributed by atoms with Crippen molar-refractivity contribution in [3.05, 3.63) is 0 Å². The van der Waals surface area contributed by atoms with Crippen molar-refractivity contribution in [3.8, 4) is 0 Å². The van der Waals surface area contributed by atoms with Gasteiger partial charge in [-0.25, -0.2) is 4.57 Å². The number of phosphoric acid groups is 1. The van der Waals surface area contributed by atoms with Crippen LogP contribution in [0.15, 0.2) is 0 Å². The van der Waals surface area contributed by atoms with Crippen molar-refractivity contribution in [1.29, 1.82) is 0 Å². The first-order valence-corrected chi connectivity index (χ1v) is 8.24. The molecule has 96 valence electrons. The van der Waals surface area contributed by atoms with Gasteiger partial charge in [0.2, 0.25) is 0 Å². The summed E-state index contributed by atoms with van der Waals surface area (Å²) in [6, 6.07) is 0. The zero-order valence-corrected chi connectivity index (χ0v) is 11.1. The van der Waals surface area contributed by atoms with E-state index in [1.807, 2.05) is 0 Å². The van der Waals surface area contributed by atoms with Gasteiger partial charge in [0.15, 0.2) is 0 Å². The molecule has 7 nitrogen and oxygen atoms in total. The van der Waals surface area contributed by atoms with Crippen LogP contribution in [0.1, 0.15) is 6.42 Å². The van der Waals surface area contributed by atoms with E-state index in [0.717, 1.165) is 6.42 Å².